The molecule has 12 heteroatoms. The number of benzene rings is 1. The van der Waals surface area contributed by atoms with Gasteiger partial charge in [-0.3, -0.25) is 14.5 Å². The van der Waals surface area contributed by atoms with Gasteiger partial charge in [-0.1, -0.05) is 23.7 Å². The molecule has 4 aromatic heterocycles. The van der Waals surface area contributed by atoms with E-state index in [1.165, 1.54) is 0 Å². The third kappa shape index (κ3) is 5.34. The second kappa shape index (κ2) is 11.0. The van der Waals surface area contributed by atoms with E-state index in [9.17, 15) is 4.79 Å². The first-order chi connectivity index (χ1) is 19.4. The number of ether oxygens (including phenoxy) is 2. The highest BCUT2D eigenvalue weighted by atomic mass is 35.5. The third-order valence-electron chi connectivity index (χ3n) is 6.43. The van der Waals surface area contributed by atoms with Crippen molar-refractivity contribution in [2.45, 2.75) is 19.1 Å². The van der Waals surface area contributed by atoms with Crippen molar-refractivity contribution in [2.24, 2.45) is 7.05 Å². The molecule has 5 aromatic rings. The largest absolute Gasteiger partial charge is 0.382 e. The van der Waals surface area contributed by atoms with Crippen molar-refractivity contribution in [3.8, 4) is 22.6 Å². The molecule has 0 saturated carbocycles. The van der Waals surface area contributed by atoms with Gasteiger partial charge in [0.2, 0.25) is 0 Å². The van der Waals surface area contributed by atoms with Crippen molar-refractivity contribution in [2.75, 3.05) is 24.3 Å². The Morgan fingerprint density at radius 1 is 1.18 bits per heavy atom. The van der Waals surface area contributed by atoms with Crippen molar-refractivity contribution in [3.63, 3.8) is 0 Å². The number of aryl methyl sites for hydroxylation is 1. The summed E-state index contributed by atoms with van der Waals surface area (Å²) in [6, 6.07) is 14.5. The van der Waals surface area contributed by atoms with Crippen LogP contribution in [0.1, 0.15) is 22.6 Å². The lowest BCUT2D eigenvalue weighted by Gasteiger charge is -2.13. The van der Waals surface area contributed by atoms with Crippen LogP contribution in [-0.2, 0) is 23.1 Å². The quantitative estimate of drug-likeness (QED) is 0.300. The van der Waals surface area contributed by atoms with E-state index in [1.807, 2.05) is 24.3 Å². The van der Waals surface area contributed by atoms with Crippen LogP contribution in [-0.4, -0.2) is 54.9 Å². The first kappa shape index (κ1) is 25.8. The van der Waals surface area contributed by atoms with Crippen LogP contribution in [0.15, 0.2) is 60.9 Å². The summed E-state index contributed by atoms with van der Waals surface area (Å²) in [5, 5.41) is 8.51. The zero-order valence-electron chi connectivity index (χ0n) is 21.5. The molecule has 11 nitrogen and oxygen atoms in total. The average Bonchev–Trinajstić information content (AvgIpc) is 3.64. The number of hydrogen-bond donors (Lipinski definition) is 2. The molecule has 3 N–H and O–H groups in total. The number of nitrogens with two attached hydrogens (primary N) is 1. The normalized spacial score (nSPS) is 15.0. The number of halogens is 1. The molecule has 1 unspecified atom stereocenters. The minimum Gasteiger partial charge on any atom is -0.382 e. The van der Waals surface area contributed by atoms with E-state index in [2.05, 4.69) is 30.4 Å². The summed E-state index contributed by atoms with van der Waals surface area (Å²) >= 11 is 6.58. The Kier molecular flexibility index (Phi) is 7.08. The topological polar surface area (TPSA) is 143 Å². The number of fused-ring (bicyclic) bond motifs is 1. The van der Waals surface area contributed by atoms with Crippen molar-refractivity contribution >= 4 is 40.0 Å². The molecule has 6 rings (SSSR count). The van der Waals surface area contributed by atoms with Gasteiger partial charge in [0.05, 0.1) is 41.2 Å². The van der Waals surface area contributed by atoms with E-state index in [4.69, 9.17) is 26.8 Å². The van der Waals surface area contributed by atoms with Crippen LogP contribution < -0.4 is 11.1 Å². The molecule has 1 aromatic carbocycles. The molecule has 1 atom stereocenters. The highest BCUT2D eigenvalue weighted by Crippen LogP contribution is 2.34. The molecule has 5 heterocycles. The smallest absolute Gasteiger partial charge is 0.279 e. The fourth-order valence-corrected chi connectivity index (χ4v) is 4.75. The SMILES string of the molecule is Cn1ccc(-c2nc(N)c(C(=O)Nc3cccc(COC4CCOC4)n3)nc2-c2cc(Cl)c3ncccc3c2)n1. The van der Waals surface area contributed by atoms with Gasteiger partial charge in [-0.2, -0.15) is 5.10 Å². The Morgan fingerprint density at radius 2 is 2.08 bits per heavy atom. The number of nitrogens with one attached hydrogen (secondary N) is 1. The molecular weight excluding hydrogens is 532 g/mol. The summed E-state index contributed by atoms with van der Waals surface area (Å²) in [5.74, 6) is -0.261. The molecule has 1 aliphatic heterocycles. The maximum absolute atomic E-state index is 13.4. The van der Waals surface area contributed by atoms with Gasteiger partial charge in [0.1, 0.15) is 17.2 Å². The van der Waals surface area contributed by atoms with Crippen LogP contribution in [0.25, 0.3) is 33.5 Å². The molecule has 0 aliphatic carbocycles. The maximum atomic E-state index is 13.4. The predicted molar refractivity (Wildman–Crippen MR) is 151 cm³/mol. The number of nitrogens with zero attached hydrogens (tertiary/aromatic N) is 6. The van der Waals surface area contributed by atoms with Crippen LogP contribution in [0.5, 0.6) is 0 Å². The zero-order chi connectivity index (χ0) is 27.6. The number of aromatic nitrogens is 6. The number of amides is 1. The molecule has 0 bridgehead atoms. The number of anilines is 2. The lowest BCUT2D eigenvalue weighted by Crippen LogP contribution is -2.19. The lowest BCUT2D eigenvalue weighted by atomic mass is 10.0. The number of pyridine rings is 2. The van der Waals surface area contributed by atoms with Crippen LogP contribution in [0, 0.1) is 0 Å². The van der Waals surface area contributed by atoms with Gasteiger partial charge in [0.25, 0.3) is 5.91 Å². The summed E-state index contributed by atoms with van der Waals surface area (Å²) in [6.07, 6.45) is 4.36. The Morgan fingerprint density at radius 3 is 2.88 bits per heavy atom. The van der Waals surface area contributed by atoms with Gasteiger partial charge < -0.3 is 20.5 Å². The van der Waals surface area contributed by atoms with Crippen LogP contribution in [0.2, 0.25) is 5.02 Å². The summed E-state index contributed by atoms with van der Waals surface area (Å²) in [4.78, 5) is 31.5. The first-order valence-corrected chi connectivity index (χ1v) is 13.0. The number of hydrogen-bond acceptors (Lipinski definition) is 9. The van der Waals surface area contributed by atoms with E-state index in [0.717, 1.165) is 11.8 Å². The molecule has 40 heavy (non-hydrogen) atoms. The average molecular weight is 557 g/mol. The molecular formula is C28H25ClN8O3. The molecule has 202 valence electrons. The molecule has 1 amide bonds. The zero-order valence-corrected chi connectivity index (χ0v) is 22.3. The van der Waals surface area contributed by atoms with Gasteiger partial charge in [0.15, 0.2) is 11.5 Å². The fourth-order valence-electron chi connectivity index (χ4n) is 4.47. The minimum absolute atomic E-state index is 0.0452. The van der Waals surface area contributed by atoms with Crippen LogP contribution in [0.3, 0.4) is 0 Å². The van der Waals surface area contributed by atoms with Crippen LogP contribution >= 0.6 is 11.6 Å². The van der Waals surface area contributed by atoms with Gasteiger partial charge >= 0.3 is 0 Å². The van der Waals surface area contributed by atoms with Gasteiger partial charge in [-0.25, -0.2) is 15.0 Å². The standard InChI is InChI=1S/C28H25ClN8O3/c1-37-10-7-21(36-37)25-24(17-12-16-4-3-9-31-23(16)20(29)13-17)34-26(27(30)35-25)28(38)33-22-6-2-5-18(32-22)14-40-19-8-11-39-15-19/h2-7,9-10,12-13,19H,8,11,14-15H2,1H3,(H2,30,35)(H,32,33,38). The van der Waals surface area contributed by atoms with Gasteiger partial charge in [-0.05, 0) is 42.8 Å². The van der Waals surface area contributed by atoms with Gasteiger partial charge in [-0.15, -0.1) is 0 Å². The summed E-state index contributed by atoms with van der Waals surface area (Å²) in [7, 11) is 1.80. The molecule has 0 radical (unpaired) electrons. The molecule has 1 fully saturated rings. The number of rotatable bonds is 7. The summed E-state index contributed by atoms with van der Waals surface area (Å²) in [6.45, 7) is 1.57. The van der Waals surface area contributed by atoms with Crippen molar-refractivity contribution in [3.05, 3.63) is 77.3 Å². The third-order valence-corrected chi connectivity index (χ3v) is 6.72. The van der Waals surface area contributed by atoms with Crippen LogP contribution in [0.4, 0.5) is 11.6 Å². The van der Waals surface area contributed by atoms with Crippen molar-refractivity contribution in [1.82, 2.24) is 29.7 Å². The van der Waals surface area contributed by atoms with E-state index in [1.54, 1.807) is 48.4 Å². The first-order valence-electron chi connectivity index (χ1n) is 12.6. The highest BCUT2D eigenvalue weighted by molar-refractivity contribution is 6.35. The van der Waals surface area contributed by atoms with Crippen molar-refractivity contribution < 1.29 is 14.3 Å². The Balaban J connectivity index is 1.35. The van der Waals surface area contributed by atoms with E-state index < -0.39 is 5.91 Å². The monoisotopic (exact) mass is 556 g/mol. The van der Waals surface area contributed by atoms with E-state index >= 15 is 0 Å². The number of carbonyl (C=O) groups excluding carboxylic acids is 1. The lowest BCUT2D eigenvalue weighted by molar-refractivity contribution is 0.0302. The van der Waals surface area contributed by atoms with E-state index in [-0.39, 0.29) is 17.6 Å². The Hall–Kier alpha value is -4.45. The van der Waals surface area contributed by atoms with Crippen molar-refractivity contribution in [1.29, 1.82) is 0 Å². The van der Waals surface area contributed by atoms with Gasteiger partial charge in [0, 0.05) is 37.0 Å². The second-order valence-electron chi connectivity index (χ2n) is 9.33. The number of carbonyl (C=O) groups is 1. The highest BCUT2D eigenvalue weighted by Gasteiger charge is 2.23. The van der Waals surface area contributed by atoms with E-state index in [0.29, 0.717) is 64.5 Å². The Labute approximate surface area is 234 Å². The fraction of sp³-hybridized carbons (Fsp3) is 0.214. The maximum Gasteiger partial charge on any atom is 0.279 e. The summed E-state index contributed by atoms with van der Waals surface area (Å²) < 4.78 is 12.8. The molecule has 1 aliphatic rings. The molecule has 1 saturated heterocycles. The minimum atomic E-state index is -0.554. The Bertz CT molecular complexity index is 1720. The predicted octanol–water partition coefficient (Wildman–Crippen LogP) is 4.28. The second-order valence-corrected chi connectivity index (χ2v) is 9.73. The molecule has 0 spiro atoms. The number of nitrogen functional groups attached to an aromatic ring is 1. The summed E-state index contributed by atoms with van der Waals surface area (Å²) in [5.41, 5.74) is 9.57.